The largest absolute Gasteiger partial charge is 0.490 e. The minimum atomic E-state index is -5.08. The summed E-state index contributed by atoms with van der Waals surface area (Å²) in [7, 11) is 0. The van der Waals surface area contributed by atoms with E-state index in [0.29, 0.717) is 18.0 Å². The third-order valence-electron chi connectivity index (χ3n) is 8.57. The smallest absolute Gasteiger partial charge is 0.475 e. The van der Waals surface area contributed by atoms with Gasteiger partial charge in [-0.25, -0.2) is 19.0 Å². The van der Waals surface area contributed by atoms with Crippen molar-refractivity contribution in [3.63, 3.8) is 0 Å². The lowest BCUT2D eigenvalue weighted by Crippen LogP contribution is -2.79. The molecule has 1 aliphatic heterocycles. The molecule has 5 aliphatic rings. The zero-order valence-corrected chi connectivity index (χ0v) is 23.7. The van der Waals surface area contributed by atoms with Crippen molar-refractivity contribution >= 4 is 23.0 Å². The van der Waals surface area contributed by atoms with Crippen LogP contribution < -0.4 is 0 Å². The van der Waals surface area contributed by atoms with Gasteiger partial charge >= 0.3 is 24.3 Å². The monoisotopic (exact) mass is 649 g/mol. The third kappa shape index (κ3) is 6.64. The SMILES string of the molecule is FCCn1ccc2ncc(-c3cn(C45CC(N6CCOCC6)(C4)C5)c(C4CC4)n3)cc21.O=C(O)C(F)(F)F.O=C(O)C(F)(F)F. The average Bonchev–Trinajstić information content (AvgIpc) is 3.56. The number of morpholine rings is 1. The van der Waals surface area contributed by atoms with Gasteiger partial charge in [-0.05, 0) is 44.2 Å². The second kappa shape index (κ2) is 11.9. The average molecular weight is 650 g/mol. The minimum absolute atomic E-state index is 0.257. The Kier molecular flexibility index (Phi) is 8.63. The standard InChI is InChI=1S/C24H28FN5O.2C2HF3O2/c25-4-6-28-5-3-19-21(28)11-18(12-26-19)20-13-30(22(27-20)17-1-2-17)24-14-23(15-24,16-24)29-7-9-31-10-8-29;2*3-2(4,5)1(6)7/h3,5,11-13,17H,1-2,4,6-10,14-16H2;2*(H,6,7). The van der Waals surface area contributed by atoms with Crippen LogP contribution in [0.3, 0.4) is 0 Å². The van der Waals surface area contributed by atoms with E-state index in [1.54, 1.807) is 0 Å². The molecule has 0 spiro atoms. The lowest BCUT2D eigenvalue weighted by atomic mass is 9.43. The summed E-state index contributed by atoms with van der Waals surface area (Å²) < 4.78 is 86.5. The van der Waals surface area contributed by atoms with Crippen molar-refractivity contribution in [3.8, 4) is 11.3 Å². The van der Waals surface area contributed by atoms with Crippen LogP contribution in [0.4, 0.5) is 30.7 Å². The maximum absolute atomic E-state index is 12.9. The predicted molar refractivity (Wildman–Crippen MR) is 143 cm³/mol. The number of alkyl halides is 7. The number of carboxylic acid groups (broad SMARTS) is 2. The Morgan fingerprint density at radius 2 is 1.56 bits per heavy atom. The quantitative estimate of drug-likeness (QED) is 0.359. The number of imidazole rings is 1. The highest BCUT2D eigenvalue weighted by Gasteiger charge is 2.71. The van der Waals surface area contributed by atoms with Gasteiger partial charge in [-0.3, -0.25) is 9.88 Å². The van der Waals surface area contributed by atoms with Crippen LogP contribution in [0.1, 0.15) is 43.8 Å². The highest BCUT2D eigenvalue weighted by molar-refractivity contribution is 5.80. The van der Waals surface area contributed by atoms with Crippen molar-refractivity contribution in [1.29, 1.82) is 0 Å². The molecule has 8 rings (SSSR count). The first-order valence-electron chi connectivity index (χ1n) is 14.1. The van der Waals surface area contributed by atoms with Crippen LogP contribution in [0.25, 0.3) is 22.3 Å². The van der Waals surface area contributed by atoms with Gasteiger partial charge in [-0.15, -0.1) is 0 Å². The molecule has 0 atom stereocenters. The van der Waals surface area contributed by atoms with E-state index < -0.39 is 24.3 Å². The third-order valence-corrected chi connectivity index (χ3v) is 8.57. The number of aryl methyl sites for hydroxylation is 1. The fraction of sp³-hybridized carbons (Fsp3) is 0.571. The summed E-state index contributed by atoms with van der Waals surface area (Å²) in [5.41, 5.74) is 4.59. The summed E-state index contributed by atoms with van der Waals surface area (Å²) >= 11 is 0. The number of carboxylic acids is 2. The van der Waals surface area contributed by atoms with Crippen molar-refractivity contribution in [2.45, 2.75) is 68.0 Å². The van der Waals surface area contributed by atoms with Crippen LogP contribution in [-0.4, -0.2) is 97.0 Å². The number of rotatable bonds is 6. The van der Waals surface area contributed by atoms with Gasteiger partial charge in [-0.1, -0.05) is 0 Å². The molecule has 10 nitrogen and oxygen atoms in total. The number of fused-ring (bicyclic) bond motifs is 1. The number of aromatic nitrogens is 4. The zero-order chi connectivity index (χ0) is 32.8. The fourth-order valence-corrected chi connectivity index (χ4v) is 6.34. The number of ether oxygens (including phenoxy) is 1. The zero-order valence-electron chi connectivity index (χ0n) is 23.7. The van der Waals surface area contributed by atoms with Gasteiger partial charge in [0.2, 0.25) is 0 Å². The maximum atomic E-state index is 12.9. The molecule has 4 saturated carbocycles. The summed E-state index contributed by atoms with van der Waals surface area (Å²) in [6.45, 7) is 3.88. The first-order chi connectivity index (χ1) is 21.1. The van der Waals surface area contributed by atoms with Crippen LogP contribution >= 0.6 is 0 Å². The normalized spacial score (nSPS) is 24.4. The molecule has 0 unspecified atom stereocenters. The van der Waals surface area contributed by atoms with E-state index in [9.17, 15) is 30.7 Å². The molecule has 5 fully saturated rings. The molecule has 2 bridgehead atoms. The van der Waals surface area contributed by atoms with E-state index in [1.807, 2.05) is 23.0 Å². The summed E-state index contributed by atoms with van der Waals surface area (Å²) in [5.74, 6) is -3.64. The van der Waals surface area contributed by atoms with Gasteiger partial charge in [0.15, 0.2) is 0 Å². The van der Waals surface area contributed by atoms with Crippen molar-refractivity contribution in [3.05, 3.63) is 36.5 Å². The fourth-order valence-electron chi connectivity index (χ4n) is 6.34. The Balaban J connectivity index is 0.000000242. The van der Waals surface area contributed by atoms with Gasteiger partial charge in [0.1, 0.15) is 12.5 Å². The summed E-state index contributed by atoms with van der Waals surface area (Å²) in [4.78, 5) is 30.2. The lowest BCUT2D eigenvalue weighted by Gasteiger charge is -2.74. The highest BCUT2D eigenvalue weighted by atomic mass is 19.4. The number of carbonyl (C=O) groups is 2. The predicted octanol–water partition coefficient (Wildman–Crippen LogP) is 4.98. The van der Waals surface area contributed by atoms with Gasteiger partial charge in [0, 0.05) is 48.7 Å². The molecule has 4 aliphatic carbocycles. The molecule has 17 heteroatoms. The maximum Gasteiger partial charge on any atom is 0.490 e. The molecular formula is C28H30F7N5O5. The summed E-state index contributed by atoms with van der Waals surface area (Å²) in [6, 6.07) is 4.08. The van der Waals surface area contributed by atoms with Gasteiger partial charge in [-0.2, -0.15) is 26.3 Å². The van der Waals surface area contributed by atoms with E-state index in [0.717, 1.165) is 48.6 Å². The summed E-state index contributed by atoms with van der Waals surface area (Å²) in [6.07, 6.45) is 2.17. The number of aliphatic carboxylic acids is 2. The van der Waals surface area contributed by atoms with Crippen molar-refractivity contribution in [1.82, 2.24) is 24.0 Å². The number of hydrogen-bond acceptors (Lipinski definition) is 6. The number of halogens is 7. The lowest BCUT2D eigenvalue weighted by molar-refractivity contribution is -0.221. The van der Waals surface area contributed by atoms with Crippen LogP contribution in [-0.2, 0) is 26.4 Å². The number of hydrogen-bond donors (Lipinski definition) is 2. The molecule has 3 aromatic rings. The summed E-state index contributed by atoms with van der Waals surface area (Å²) in [5, 5.41) is 14.2. The van der Waals surface area contributed by atoms with Crippen LogP contribution in [0.2, 0.25) is 0 Å². The van der Waals surface area contributed by atoms with Gasteiger partial charge < -0.3 is 24.1 Å². The minimum Gasteiger partial charge on any atom is -0.475 e. The molecular weight excluding hydrogens is 619 g/mol. The van der Waals surface area contributed by atoms with E-state index in [4.69, 9.17) is 29.5 Å². The van der Waals surface area contributed by atoms with E-state index >= 15 is 0 Å². The molecule has 3 aromatic heterocycles. The van der Waals surface area contributed by atoms with Crippen molar-refractivity contribution in [2.24, 2.45) is 0 Å². The van der Waals surface area contributed by atoms with Crippen LogP contribution in [0.15, 0.2) is 30.7 Å². The van der Waals surface area contributed by atoms with Crippen molar-refractivity contribution < 1.29 is 55.3 Å². The highest BCUT2D eigenvalue weighted by Crippen LogP contribution is 2.69. The second-order valence-electron chi connectivity index (χ2n) is 11.6. The molecule has 246 valence electrons. The second-order valence-corrected chi connectivity index (χ2v) is 11.6. The van der Waals surface area contributed by atoms with E-state index in [1.165, 1.54) is 37.9 Å². The first kappa shape index (κ1) is 32.7. The Bertz CT molecular complexity index is 1510. The van der Waals surface area contributed by atoms with Crippen LogP contribution in [0.5, 0.6) is 0 Å². The van der Waals surface area contributed by atoms with Crippen LogP contribution in [0, 0.1) is 0 Å². The molecule has 1 saturated heterocycles. The Morgan fingerprint density at radius 1 is 0.978 bits per heavy atom. The topological polar surface area (TPSA) is 123 Å². The number of nitrogens with zero attached hydrogens (tertiary/aromatic N) is 5. The number of pyridine rings is 1. The molecule has 2 N–H and O–H groups in total. The Morgan fingerprint density at radius 3 is 2.07 bits per heavy atom. The Labute approximate surface area is 251 Å². The van der Waals surface area contributed by atoms with E-state index in [-0.39, 0.29) is 12.2 Å². The first-order valence-corrected chi connectivity index (χ1v) is 14.1. The molecule has 4 heterocycles. The van der Waals surface area contributed by atoms with Gasteiger partial charge in [0.25, 0.3) is 0 Å². The Hall–Kier alpha value is -3.73. The molecule has 0 aromatic carbocycles. The molecule has 0 radical (unpaired) electrons. The van der Waals surface area contributed by atoms with Gasteiger partial charge in [0.05, 0.1) is 42.0 Å². The molecule has 0 amide bonds. The van der Waals surface area contributed by atoms with E-state index in [2.05, 4.69) is 26.7 Å². The molecule has 45 heavy (non-hydrogen) atoms. The van der Waals surface area contributed by atoms with Crippen molar-refractivity contribution in [2.75, 3.05) is 33.0 Å².